The van der Waals surface area contributed by atoms with Crippen molar-refractivity contribution >= 4 is 23.6 Å². The van der Waals surface area contributed by atoms with E-state index in [1.54, 1.807) is 24.3 Å². The van der Waals surface area contributed by atoms with Gasteiger partial charge in [-0.2, -0.15) is 0 Å². The quantitative estimate of drug-likeness (QED) is 0.555. The Morgan fingerprint density at radius 1 is 1.07 bits per heavy atom. The van der Waals surface area contributed by atoms with E-state index in [1.807, 2.05) is 32.0 Å². The third-order valence-corrected chi connectivity index (χ3v) is 4.18. The van der Waals surface area contributed by atoms with Crippen LogP contribution >= 0.6 is 0 Å². The molecule has 0 aliphatic rings. The van der Waals surface area contributed by atoms with Gasteiger partial charge in [-0.1, -0.05) is 37.3 Å². The molecule has 0 bridgehead atoms. The summed E-state index contributed by atoms with van der Waals surface area (Å²) in [7, 11) is 3.06. The fourth-order valence-electron chi connectivity index (χ4n) is 2.76. The van der Waals surface area contributed by atoms with Crippen molar-refractivity contribution in [3.8, 4) is 11.5 Å². The molecule has 6 nitrogen and oxygen atoms in total. The number of ether oxygens (including phenoxy) is 3. The monoisotopic (exact) mass is 383 g/mol. The lowest BCUT2D eigenvalue weighted by Crippen LogP contribution is -2.21. The summed E-state index contributed by atoms with van der Waals surface area (Å²) in [6.07, 6.45) is 3.59. The van der Waals surface area contributed by atoms with Crippen LogP contribution in [0.2, 0.25) is 0 Å². The largest absolute Gasteiger partial charge is 0.493 e. The van der Waals surface area contributed by atoms with Gasteiger partial charge < -0.3 is 19.5 Å². The van der Waals surface area contributed by atoms with Crippen molar-refractivity contribution in [3.05, 3.63) is 59.2 Å². The minimum Gasteiger partial charge on any atom is -0.493 e. The summed E-state index contributed by atoms with van der Waals surface area (Å²) in [6.45, 7) is 3.57. The van der Waals surface area contributed by atoms with E-state index in [0.29, 0.717) is 17.1 Å². The van der Waals surface area contributed by atoms with E-state index < -0.39 is 5.97 Å². The van der Waals surface area contributed by atoms with Crippen LogP contribution in [0, 0.1) is 6.92 Å². The molecular formula is C22H25NO5. The van der Waals surface area contributed by atoms with E-state index in [1.165, 1.54) is 20.3 Å². The Balaban J connectivity index is 1.96. The van der Waals surface area contributed by atoms with Crippen LogP contribution in [-0.4, -0.2) is 32.7 Å². The third-order valence-electron chi connectivity index (χ3n) is 4.18. The first-order chi connectivity index (χ1) is 13.5. The number of carbonyl (C=O) groups excluding carboxylic acids is 2. The Morgan fingerprint density at radius 3 is 2.50 bits per heavy atom. The fraction of sp³-hybridized carbons (Fsp3) is 0.273. The zero-order chi connectivity index (χ0) is 20.5. The number of para-hydroxylation sites is 2. The molecule has 0 heterocycles. The molecule has 0 saturated heterocycles. The first-order valence-corrected chi connectivity index (χ1v) is 8.94. The summed E-state index contributed by atoms with van der Waals surface area (Å²) in [5.74, 6) is 0.0611. The van der Waals surface area contributed by atoms with Gasteiger partial charge >= 0.3 is 5.97 Å². The number of benzene rings is 2. The molecule has 0 atom stereocenters. The Hall–Kier alpha value is -3.28. The summed E-state index contributed by atoms with van der Waals surface area (Å²) in [5.41, 5.74) is 3.42. The van der Waals surface area contributed by atoms with Crippen molar-refractivity contribution in [3.63, 3.8) is 0 Å². The second-order valence-electron chi connectivity index (χ2n) is 6.03. The summed E-state index contributed by atoms with van der Waals surface area (Å²) >= 11 is 0. The van der Waals surface area contributed by atoms with Gasteiger partial charge in [0.05, 0.1) is 14.2 Å². The van der Waals surface area contributed by atoms with Crippen LogP contribution in [0.4, 0.5) is 5.69 Å². The number of nitrogens with one attached hydrogen (secondary N) is 1. The molecule has 0 aliphatic carbocycles. The zero-order valence-electron chi connectivity index (χ0n) is 16.6. The smallest absolute Gasteiger partial charge is 0.331 e. The maximum atomic E-state index is 12.1. The van der Waals surface area contributed by atoms with E-state index in [0.717, 1.165) is 23.2 Å². The van der Waals surface area contributed by atoms with Crippen LogP contribution in [0.5, 0.6) is 11.5 Å². The Bertz CT molecular complexity index is 873. The zero-order valence-corrected chi connectivity index (χ0v) is 16.6. The number of methoxy groups -OCH3 is 2. The van der Waals surface area contributed by atoms with Crippen LogP contribution in [-0.2, 0) is 20.7 Å². The average molecular weight is 383 g/mol. The van der Waals surface area contributed by atoms with E-state index in [9.17, 15) is 9.59 Å². The summed E-state index contributed by atoms with van der Waals surface area (Å²) in [5, 5.41) is 2.82. The second-order valence-corrected chi connectivity index (χ2v) is 6.03. The topological polar surface area (TPSA) is 73.9 Å². The van der Waals surface area contributed by atoms with Crippen molar-refractivity contribution in [2.75, 3.05) is 26.1 Å². The predicted molar refractivity (Wildman–Crippen MR) is 109 cm³/mol. The molecule has 0 fully saturated rings. The Kier molecular flexibility index (Phi) is 7.63. The van der Waals surface area contributed by atoms with Crippen molar-refractivity contribution in [2.45, 2.75) is 20.3 Å². The molecule has 1 N–H and O–H groups in total. The SMILES string of the molecule is CCc1cccc(C)c1NC(=O)COC(=O)/C=C/c1cccc(OC)c1OC. The fourth-order valence-corrected chi connectivity index (χ4v) is 2.76. The van der Waals surface area contributed by atoms with Crippen LogP contribution in [0.25, 0.3) is 6.08 Å². The highest BCUT2D eigenvalue weighted by atomic mass is 16.5. The number of rotatable bonds is 8. The van der Waals surface area contributed by atoms with Gasteiger partial charge in [0.25, 0.3) is 5.91 Å². The maximum absolute atomic E-state index is 12.1. The minimum absolute atomic E-state index is 0.365. The number of esters is 1. The first-order valence-electron chi connectivity index (χ1n) is 8.94. The van der Waals surface area contributed by atoms with Gasteiger partial charge in [-0.15, -0.1) is 0 Å². The van der Waals surface area contributed by atoms with E-state index in [-0.39, 0.29) is 12.5 Å². The third kappa shape index (κ3) is 5.36. The van der Waals surface area contributed by atoms with Gasteiger partial charge in [0, 0.05) is 17.3 Å². The molecule has 0 aliphatic heterocycles. The van der Waals surface area contributed by atoms with Crippen molar-refractivity contribution in [1.82, 2.24) is 0 Å². The number of hydrogen-bond acceptors (Lipinski definition) is 5. The average Bonchev–Trinajstić information content (AvgIpc) is 2.71. The summed E-state index contributed by atoms with van der Waals surface area (Å²) < 4.78 is 15.6. The number of hydrogen-bond donors (Lipinski definition) is 1. The molecule has 6 heteroatoms. The molecule has 1 amide bonds. The number of carbonyl (C=O) groups is 2. The van der Waals surface area contributed by atoms with Gasteiger partial charge in [-0.25, -0.2) is 4.79 Å². The first kappa shape index (κ1) is 21.0. The van der Waals surface area contributed by atoms with Crippen LogP contribution < -0.4 is 14.8 Å². The number of amides is 1. The Morgan fingerprint density at radius 2 is 1.82 bits per heavy atom. The van der Waals surface area contributed by atoms with E-state index in [4.69, 9.17) is 14.2 Å². The number of aryl methyl sites for hydroxylation is 2. The van der Waals surface area contributed by atoms with Gasteiger partial charge in [-0.05, 0) is 36.6 Å². The van der Waals surface area contributed by atoms with Crippen LogP contribution in [0.3, 0.4) is 0 Å². The lowest BCUT2D eigenvalue weighted by molar-refractivity contribution is -0.142. The normalized spacial score (nSPS) is 10.6. The van der Waals surface area contributed by atoms with Gasteiger partial charge in [0.1, 0.15) is 0 Å². The van der Waals surface area contributed by atoms with Gasteiger partial charge in [-0.3, -0.25) is 4.79 Å². The molecule has 0 saturated carbocycles. The molecular weight excluding hydrogens is 358 g/mol. The van der Waals surface area contributed by atoms with Crippen LogP contribution in [0.15, 0.2) is 42.5 Å². The van der Waals surface area contributed by atoms with Crippen molar-refractivity contribution < 1.29 is 23.8 Å². The van der Waals surface area contributed by atoms with Gasteiger partial charge in [0.2, 0.25) is 0 Å². The summed E-state index contributed by atoms with van der Waals surface area (Å²) in [6, 6.07) is 11.1. The molecule has 2 aromatic rings. The number of anilines is 1. The van der Waals surface area contributed by atoms with Crippen LogP contribution in [0.1, 0.15) is 23.6 Å². The lowest BCUT2D eigenvalue weighted by Gasteiger charge is -2.12. The molecule has 0 radical (unpaired) electrons. The van der Waals surface area contributed by atoms with E-state index >= 15 is 0 Å². The Labute approximate surface area is 165 Å². The maximum Gasteiger partial charge on any atom is 0.331 e. The van der Waals surface area contributed by atoms with E-state index in [2.05, 4.69) is 5.32 Å². The molecule has 2 aromatic carbocycles. The van der Waals surface area contributed by atoms with Crippen molar-refractivity contribution in [1.29, 1.82) is 0 Å². The molecule has 0 spiro atoms. The molecule has 148 valence electrons. The highest BCUT2D eigenvalue weighted by Gasteiger charge is 2.11. The van der Waals surface area contributed by atoms with Crippen molar-refractivity contribution in [2.24, 2.45) is 0 Å². The standard InChI is InChI=1S/C22H25NO5/c1-5-16-9-6-8-15(2)21(16)23-19(24)14-28-20(25)13-12-17-10-7-11-18(26-3)22(17)27-4/h6-13H,5,14H2,1-4H3,(H,23,24)/b13-12+. The molecule has 0 unspecified atom stereocenters. The lowest BCUT2D eigenvalue weighted by atomic mass is 10.1. The highest BCUT2D eigenvalue weighted by molar-refractivity contribution is 5.95. The highest BCUT2D eigenvalue weighted by Crippen LogP contribution is 2.31. The predicted octanol–water partition coefficient (Wildman–Crippen LogP) is 3.77. The minimum atomic E-state index is -0.625. The van der Waals surface area contributed by atoms with Gasteiger partial charge in [0.15, 0.2) is 18.1 Å². The summed E-state index contributed by atoms with van der Waals surface area (Å²) in [4.78, 5) is 24.1. The second kappa shape index (κ2) is 10.2. The molecule has 28 heavy (non-hydrogen) atoms. The molecule has 0 aromatic heterocycles. The molecule has 2 rings (SSSR count).